The summed E-state index contributed by atoms with van der Waals surface area (Å²) in [6, 6.07) is 9.14. The van der Waals surface area contributed by atoms with E-state index in [9.17, 15) is 19.8 Å². The lowest BCUT2D eigenvalue weighted by Gasteiger charge is -2.24. The van der Waals surface area contributed by atoms with Crippen molar-refractivity contribution in [2.45, 2.75) is 105 Å². The molecule has 0 aromatic heterocycles. The number of ether oxygens (including phenoxy) is 1. The number of unbranched alkanes of at least 4 members (excludes halogenated alkanes) is 4. The van der Waals surface area contributed by atoms with Gasteiger partial charge in [-0.1, -0.05) is 59.4 Å². The lowest BCUT2D eigenvalue weighted by molar-refractivity contribution is 0.0684. The molecule has 7 nitrogen and oxygen atoms in total. The highest BCUT2D eigenvalue weighted by atomic mass is 16.5. The summed E-state index contributed by atoms with van der Waals surface area (Å²) in [5.74, 6) is -1.31. The van der Waals surface area contributed by atoms with Crippen LogP contribution in [0.5, 0.6) is 5.75 Å². The lowest BCUT2D eigenvalue weighted by atomic mass is 9.87. The molecule has 3 aromatic rings. The molecule has 0 aliphatic carbocycles. The first-order valence-electron chi connectivity index (χ1n) is 17.8. The summed E-state index contributed by atoms with van der Waals surface area (Å²) in [4.78, 5) is 30.0. The molecule has 0 spiro atoms. The summed E-state index contributed by atoms with van der Waals surface area (Å²) in [5.41, 5.74) is 2.36. The number of hydrogen-bond acceptors (Lipinski definition) is 5. The van der Waals surface area contributed by atoms with Crippen molar-refractivity contribution in [3.63, 3.8) is 0 Å². The molecule has 0 saturated carbocycles. The number of rotatable bonds is 23. The number of carboxylic acid groups (broad SMARTS) is 2. The fraction of sp³-hybridized carbons (Fsp3) is 0.590. The van der Waals surface area contributed by atoms with Crippen LogP contribution in [0.15, 0.2) is 30.3 Å². The number of aryl methyl sites for hydroxylation is 2. The van der Waals surface area contributed by atoms with Gasteiger partial charge in [0.1, 0.15) is 5.75 Å². The Morgan fingerprint density at radius 3 is 1.61 bits per heavy atom. The molecule has 0 aliphatic rings. The van der Waals surface area contributed by atoms with Crippen molar-refractivity contribution in [3.8, 4) is 5.75 Å². The number of methoxy groups -OCH3 is 1. The monoisotopic (exact) mass is 634 g/mol. The SMILES string of the molecule is CCCCN(CCCC)CCCc1cc2c(cc(OC)c3cc(C(=O)O)ccc32)c(CCCN(CCCC)CCCC)c1C(=O)O. The minimum Gasteiger partial charge on any atom is -0.496 e. The molecule has 46 heavy (non-hydrogen) atoms. The van der Waals surface area contributed by atoms with E-state index < -0.39 is 11.9 Å². The van der Waals surface area contributed by atoms with Gasteiger partial charge in [0.25, 0.3) is 0 Å². The summed E-state index contributed by atoms with van der Waals surface area (Å²) >= 11 is 0. The van der Waals surface area contributed by atoms with Crippen LogP contribution in [-0.2, 0) is 12.8 Å². The third-order valence-electron chi connectivity index (χ3n) is 9.22. The first kappa shape index (κ1) is 37.3. The van der Waals surface area contributed by atoms with Crippen molar-refractivity contribution in [1.82, 2.24) is 9.80 Å². The summed E-state index contributed by atoms with van der Waals surface area (Å²) < 4.78 is 5.79. The number of carboxylic acids is 2. The van der Waals surface area contributed by atoms with Gasteiger partial charge >= 0.3 is 11.9 Å². The molecule has 0 fully saturated rings. The van der Waals surface area contributed by atoms with Crippen LogP contribution in [0.25, 0.3) is 21.5 Å². The third kappa shape index (κ3) is 10.2. The lowest BCUT2D eigenvalue weighted by Crippen LogP contribution is -2.28. The average molecular weight is 635 g/mol. The molecule has 3 aromatic carbocycles. The molecule has 3 rings (SSSR count). The van der Waals surface area contributed by atoms with Crippen LogP contribution < -0.4 is 4.74 Å². The van der Waals surface area contributed by atoms with Crippen LogP contribution in [0, 0.1) is 0 Å². The van der Waals surface area contributed by atoms with E-state index in [1.54, 1.807) is 19.2 Å². The van der Waals surface area contributed by atoms with Gasteiger partial charge in [-0.05, 0) is 142 Å². The number of nitrogens with zero attached hydrogens (tertiary/aromatic N) is 2. The maximum atomic E-state index is 13.1. The fourth-order valence-corrected chi connectivity index (χ4v) is 6.59. The van der Waals surface area contributed by atoms with Crippen molar-refractivity contribution in [3.05, 3.63) is 52.6 Å². The molecule has 0 saturated heterocycles. The van der Waals surface area contributed by atoms with Gasteiger partial charge in [0.15, 0.2) is 0 Å². The zero-order chi connectivity index (χ0) is 33.5. The highest BCUT2D eigenvalue weighted by Crippen LogP contribution is 2.39. The van der Waals surface area contributed by atoms with E-state index in [0.717, 1.165) is 123 Å². The predicted molar refractivity (Wildman–Crippen MR) is 191 cm³/mol. The van der Waals surface area contributed by atoms with Gasteiger partial charge in [0.2, 0.25) is 0 Å². The molecule has 0 unspecified atom stereocenters. The molecule has 254 valence electrons. The van der Waals surface area contributed by atoms with Crippen molar-refractivity contribution in [1.29, 1.82) is 0 Å². The molecular weight excluding hydrogens is 576 g/mol. The molecule has 0 aliphatic heterocycles. The summed E-state index contributed by atoms with van der Waals surface area (Å²) in [6.45, 7) is 15.1. The predicted octanol–water partition coefficient (Wildman–Crippen LogP) is 9.07. The highest BCUT2D eigenvalue weighted by molar-refractivity contribution is 6.14. The Balaban J connectivity index is 2.11. The molecule has 0 bridgehead atoms. The second-order valence-electron chi connectivity index (χ2n) is 12.7. The third-order valence-corrected chi connectivity index (χ3v) is 9.22. The maximum Gasteiger partial charge on any atom is 0.336 e. The topological polar surface area (TPSA) is 90.3 Å². The Kier molecular flexibility index (Phi) is 15.8. The van der Waals surface area contributed by atoms with Crippen molar-refractivity contribution < 1.29 is 24.5 Å². The Morgan fingerprint density at radius 2 is 1.13 bits per heavy atom. The van der Waals surface area contributed by atoms with Gasteiger partial charge in [0.05, 0.1) is 18.2 Å². The molecule has 2 N–H and O–H groups in total. The van der Waals surface area contributed by atoms with Gasteiger partial charge in [-0.15, -0.1) is 0 Å². The highest BCUT2D eigenvalue weighted by Gasteiger charge is 2.22. The largest absolute Gasteiger partial charge is 0.496 e. The minimum absolute atomic E-state index is 0.200. The fourth-order valence-electron chi connectivity index (χ4n) is 6.59. The van der Waals surface area contributed by atoms with E-state index in [4.69, 9.17) is 4.74 Å². The van der Waals surface area contributed by atoms with Crippen LogP contribution in [0.3, 0.4) is 0 Å². The molecule has 0 radical (unpaired) electrons. The number of aromatic carboxylic acids is 2. The molecule has 0 amide bonds. The number of fused-ring (bicyclic) bond motifs is 3. The van der Waals surface area contributed by atoms with Crippen LogP contribution in [0.2, 0.25) is 0 Å². The van der Waals surface area contributed by atoms with E-state index in [2.05, 4.69) is 43.6 Å². The standard InChI is InChI=1S/C39H58N2O5/c1-6-10-20-40(21-11-7-2)24-14-16-29-26-33-31-19-18-30(38(42)43)27-35(31)36(46-5)28-34(33)32(37(29)39(44)45)17-15-25-41(22-12-8-3)23-13-9-4/h18-19,26-28H,6-17,20-25H2,1-5H3,(H,42,43)(H,44,45). The van der Waals surface area contributed by atoms with Crippen molar-refractivity contribution >= 4 is 33.5 Å². The van der Waals surface area contributed by atoms with Gasteiger partial charge in [-0.25, -0.2) is 9.59 Å². The van der Waals surface area contributed by atoms with Crippen LogP contribution >= 0.6 is 0 Å². The van der Waals surface area contributed by atoms with E-state index in [1.807, 2.05) is 12.1 Å². The van der Waals surface area contributed by atoms with Gasteiger partial charge in [-0.3, -0.25) is 0 Å². The van der Waals surface area contributed by atoms with Crippen LogP contribution in [-0.4, -0.2) is 78.3 Å². The van der Waals surface area contributed by atoms with E-state index >= 15 is 0 Å². The Bertz CT molecular complexity index is 1400. The number of carbonyl (C=O) groups is 2. The normalized spacial score (nSPS) is 11.7. The number of benzene rings is 3. The summed E-state index contributed by atoms with van der Waals surface area (Å²) in [5, 5.41) is 23.9. The van der Waals surface area contributed by atoms with Crippen molar-refractivity contribution in [2.75, 3.05) is 46.4 Å². The van der Waals surface area contributed by atoms with Gasteiger partial charge in [0, 0.05) is 5.39 Å². The second-order valence-corrected chi connectivity index (χ2v) is 12.7. The van der Waals surface area contributed by atoms with Crippen molar-refractivity contribution in [2.24, 2.45) is 0 Å². The summed E-state index contributed by atoms with van der Waals surface area (Å²) in [6.07, 6.45) is 12.4. The van der Waals surface area contributed by atoms with E-state index in [0.29, 0.717) is 24.2 Å². The quantitative estimate of drug-likeness (QED) is 0.101. The van der Waals surface area contributed by atoms with E-state index in [-0.39, 0.29) is 5.56 Å². The molecule has 7 heteroatoms. The maximum absolute atomic E-state index is 13.1. The van der Waals surface area contributed by atoms with Crippen LogP contribution in [0.1, 0.15) is 124 Å². The Hall–Kier alpha value is -3.16. The number of hydrogen-bond donors (Lipinski definition) is 2. The van der Waals surface area contributed by atoms with E-state index in [1.165, 1.54) is 12.8 Å². The minimum atomic E-state index is -0.988. The summed E-state index contributed by atoms with van der Waals surface area (Å²) in [7, 11) is 1.59. The zero-order valence-electron chi connectivity index (χ0n) is 29.1. The molecule has 0 atom stereocenters. The van der Waals surface area contributed by atoms with Gasteiger partial charge in [-0.2, -0.15) is 0 Å². The second kappa shape index (κ2) is 19.5. The Labute approximate surface area is 276 Å². The Morgan fingerprint density at radius 1 is 0.609 bits per heavy atom. The zero-order valence-corrected chi connectivity index (χ0v) is 29.1. The molecular formula is C39H58N2O5. The van der Waals surface area contributed by atoms with Gasteiger partial charge < -0.3 is 24.7 Å². The molecule has 0 heterocycles. The smallest absolute Gasteiger partial charge is 0.336 e. The average Bonchev–Trinajstić information content (AvgIpc) is 3.05. The first-order valence-corrected chi connectivity index (χ1v) is 17.8. The van der Waals surface area contributed by atoms with Crippen LogP contribution in [0.4, 0.5) is 0 Å². The first-order chi connectivity index (χ1) is 22.3.